The molecule has 2 rings (SSSR count). The van der Waals surface area contributed by atoms with Crippen molar-refractivity contribution in [1.82, 2.24) is 5.32 Å². The van der Waals surface area contributed by atoms with E-state index in [2.05, 4.69) is 24.1 Å². The van der Waals surface area contributed by atoms with Gasteiger partial charge < -0.3 is 10.2 Å². The minimum atomic E-state index is 0.0838. The van der Waals surface area contributed by atoms with Gasteiger partial charge in [0.05, 0.1) is 0 Å². The number of halogens is 1. The molecule has 1 N–H and O–H groups in total. The lowest BCUT2D eigenvalue weighted by molar-refractivity contribution is 0.101. The summed E-state index contributed by atoms with van der Waals surface area (Å²) in [5.41, 5.74) is 1.70. The molecule has 0 saturated carbocycles. The first-order chi connectivity index (χ1) is 8.47. The van der Waals surface area contributed by atoms with E-state index in [0.717, 1.165) is 24.3 Å². The van der Waals surface area contributed by atoms with Crippen molar-refractivity contribution in [3.8, 4) is 0 Å². The summed E-state index contributed by atoms with van der Waals surface area (Å²) in [7, 11) is 0. The zero-order valence-electron chi connectivity index (χ0n) is 11.0. The molecule has 98 valence electrons. The van der Waals surface area contributed by atoms with Crippen LogP contribution in [0.25, 0.3) is 0 Å². The number of ketones is 1. The summed E-state index contributed by atoms with van der Waals surface area (Å²) in [6, 6.07) is 6.30. The van der Waals surface area contributed by atoms with Gasteiger partial charge in [-0.05, 0) is 39.0 Å². The predicted octanol–water partition coefficient (Wildman–Crippen LogP) is 2.73. The summed E-state index contributed by atoms with van der Waals surface area (Å²) in [4.78, 5) is 13.9. The summed E-state index contributed by atoms with van der Waals surface area (Å²) in [5.74, 6) is 0.0838. The lowest BCUT2D eigenvalue weighted by Crippen LogP contribution is -2.54. The van der Waals surface area contributed by atoms with Gasteiger partial charge in [-0.1, -0.05) is 11.6 Å². The van der Waals surface area contributed by atoms with Gasteiger partial charge >= 0.3 is 0 Å². The number of nitrogens with zero attached hydrogens (tertiary/aromatic N) is 1. The number of hydrogen-bond donors (Lipinski definition) is 1. The van der Waals surface area contributed by atoms with Crippen LogP contribution in [-0.2, 0) is 0 Å². The van der Waals surface area contributed by atoms with Crippen LogP contribution in [0.2, 0.25) is 5.02 Å². The minimum Gasteiger partial charge on any atom is -0.368 e. The van der Waals surface area contributed by atoms with Crippen molar-refractivity contribution in [1.29, 1.82) is 0 Å². The van der Waals surface area contributed by atoms with Crippen molar-refractivity contribution in [2.24, 2.45) is 0 Å². The van der Waals surface area contributed by atoms with Gasteiger partial charge in [0.1, 0.15) is 0 Å². The van der Waals surface area contributed by atoms with Crippen LogP contribution < -0.4 is 10.2 Å². The monoisotopic (exact) mass is 266 g/mol. The van der Waals surface area contributed by atoms with E-state index in [0.29, 0.717) is 17.1 Å². The zero-order chi connectivity index (χ0) is 13.3. The molecule has 1 aromatic carbocycles. The molecule has 0 aromatic heterocycles. The van der Waals surface area contributed by atoms with Gasteiger partial charge in [-0.25, -0.2) is 0 Å². The molecule has 0 aliphatic carbocycles. The fraction of sp³-hybridized carbons (Fsp3) is 0.500. The van der Waals surface area contributed by atoms with Gasteiger partial charge in [0, 0.05) is 41.4 Å². The molecule has 3 nitrogen and oxygen atoms in total. The van der Waals surface area contributed by atoms with Gasteiger partial charge in [0.25, 0.3) is 0 Å². The van der Waals surface area contributed by atoms with Crippen molar-refractivity contribution in [2.45, 2.75) is 32.9 Å². The van der Waals surface area contributed by atoms with Crippen LogP contribution in [0, 0.1) is 0 Å². The van der Waals surface area contributed by atoms with Crippen LogP contribution in [0.4, 0.5) is 5.69 Å². The molecule has 1 saturated heterocycles. The highest BCUT2D eigenvalue weighted by molar-refractivity contribution is 6.31. The van der Waals surface area contributed by atoms with E-state index >= 15 is 0 Å². The molecule has 1 aromatic rings. The number of carbonyl (C=O) groups is 1. The standard InChI is InChI=1S/C14H19ClN2O/c1-9-7-17(8-10(2)16-9)14-6-12(15)4-5-13(14)11(3)18/h4-6,9-10,16H,7-8H2,1-3H3/t9-,10+. The van der Waals surface area contributed by atoms with E-state index in [1.165, 1.54) is 0 Å². The maximum atomic E-state index is 11.7. The number of hydrogen-bond acceptors (Lipinski definition) is 3. The van der Waals surface area contributed by atoms with E-state index in [-0.39, 0.29) is 5.78 Å². The van der Waals surface area contributed by atoms with Crippen LogP contribution >= 0.6 is 11.6 Å². The average molecular weight is 267 g/mol. The second-order valence-electron chi connectivity index (χ2n) is 5.09. The number of piperazine rings is 1. The number of nitrogens with one attached hydrogen (secondary N) is 1. The van der Waals surface area contributed by atoms with Gasteiger partial charge in [-0.15, -0.1) is 0 Å². The Kier molecular flexibility index (Phi) is 3.93. The third kappa shape index (κ3) is 2.85. The van der Waals surface area contributed by atoms with Gasteiger partial charge in [0.2, 0.25) is 0 Å². The third-order valence-corrected chi connectivity index (χ3v) is 3.47. The number of carbonyl (C=O) groups excluding carboxylic acids is 1. The Morgan fingerprint density at radius 1 is 1.33 bits per heavy atom. The summed E-state index contributed by atoms with van der Waals surface area (Å²) in [5, 5.41) is 4.16. The molecule has 0 radical (unpaired) electrons. The fourth-order valence-electron chi connectivity index (χ4n) is 2.59. The summed E-state index contributed by atoms with van der Waals surface area (Å²) < 4.78 is 0. The molecular formula is C14H19ClN2O. The Hall–Kier alpha value is -1.06. The van der Waals surface area contributed by atoms with Crippen molar-refractivity contribution >= 4 is 23.1 Å². The first kappa shape index (κ1) is 13.4. The average Bonchev–Trinajstić information content (AvgIpc) is 2.27. The quantitative estimate of drug-likeness (QED) is 0.836. The number of anilines is 1. The number of benzene rings is 1. The lowest BCUT2D eigenvalue weighted by atomic mass is 10.1. The Morgan fingerprint density at radius 3 is 2.50 bits per heavy atom. The van der Waals surface area contributed by atoms with Gasteiger partial charge in [0.15, 0.2) is 5.78 Å². The van der Waals surface area contributed by atoms with E-state index in [1.807, 2.05) is 12.1 Å². The largest absolute Gasteiger partial charge is 0.368 e. The summed E-state index contributed by atoms with van der Waals surface area (Å²) in [6.45, 7) is 7.69. The smallest absolute Gasteiger partial charge is 0.161 e. The Bertz CT molecular complexity index is 451. The Labute approximate surface area is 113 Å². The van der Waals surface area contributed by atoms with Crippen molar-refractivity contribution in [3.63, 3.8) is 0 Å². The molecule has 1 heterocycles. The van der Waals surface area contributed by atoms with Crippen LogP contribution in [0.15, 0.2) is 18.2 Å². The molecule has 0 spiro atoms. The predicted molar refractivity (Wildman–Crippen MR) is 75.7 cm³/mol. The first-order valence-corrected chi connectivity index (χ1v) is 6.66. The SMILES string of the molecule is CC(=O)c1ccc(Cl)cc1N1C[C@@H](C)N[C@@H](C)C1. The van der Waals surface area contributed by atoms with E-state index in [4.69, 9.17) is 11.6 Å². The fourth-order valence-corrected chi connectivity index (χ4v) is 2.75. The highest BCUT2D eigenvalue weighted by Gasteiger charge is 2.23. The highest BCUT2D eigenvalue weighted by atomic mass is 35.5. The normalized spacial score (nSPS) is 24.1. The first-order valence-electron chi connectivity index (χ1n) is 6.29. The van der Waals surface area contributed by atoms with Crippen molar-refractivity contribution in [2.75, 3.05) is 18.0 Å². The van der Waals surface area contributed by atoms with E-state index in [1.54, 1.807) is 13.0 Å². The molecule has 18 heavy (non-hydrogen) atoms. The van der Waals surface area contributed by atoms with Crippen molar-refractivity contribution in [3.05, 3.63) is 28.8 Å². The molecular weight excluding hydrogens is 248 g/mol. The molecule has 0 unspecified atom stereocenters. The minimum absolute atomic E-state index is 0.0838. The molecule has 1 fully saturated rings. The maximum absolute atomic E-state index is 11.7. The second-order valence-corrected chi connectivity index (χ2v) is 5.53. The Balaban J connectivity index is 2.36. The molecule has 0 bridgehead atoms. The van der Waals surface area contributed by atoms with Crippen LogP contribution in [0.1, 0.15) is 31.1 Å². The van der Waals surface area contributed by atoms with Crippen LogP contribution in [0.3, 0.4) is 0 Å². The Morgan fingerprint density at radius 2 is 1.94 bits per heavy atom. The molecule has 4 heteroatoms. The van der Waals surface area contributed by atoms with Crippen molar-refractivity contribution < 1.29 is 4.79 Å². The highest BCUT2D eigenvalue weighted by Crippen LogP contribution is 2.27. The topological polar surface area (TPSA) is 32.3 Å². The molecule has 1 aliphatic rings. The maximum Gasteiger partial charge on any atom is 0.161 e. The van der Waals surface area contributed by atoms with E-state index < -0.39 is 0 Å². The van der Waals surface area contributed by atoms with Crippen LogP contribution in [0.5, 0.6) is 0 Å². The van der Waals surface area contributed by atoms with Gasteiger partial charge in [-0.3, -0.25) is 4.79 Å². The molecule has 2 atom stereocenters. The number of rotatable bonds is 2. The summed E-state index contributed by atoms with van der Waals surface area (Å²) >= 11 is 6.06. The van der Waals surface area contributed by atoms with E-state index in [9.17, 15) is 4.79 Å². The third-order valence-electron chi connectivity index (χ3n) is 3.24. The summed E-state index contributed by atoms with van der Waals surface area (Å²) in [6.07, 6.45) is 0. The van der Waals surface area contributed by atoms with Gasteiger partial charge in [-0.2, -0.15) is 0 Å². The lowest BCUT2D eigenvalue weighted by Gasteiger charge is -2.38. The molecule has 0 amide bonds. The zero-order valence-corrected chi connectivity index (χ0v) is 11.8. The van der Waals surface area contributed by atoms with Crippen LogP contribution in [-0.4, -0.2) is 31.0 Å². The molecule has 1 aliphatic heterocycles. The number of Topliss-reactive ketones (excluding diaryl/α,β-unsaturated/α-hetero) is 1. The second kappa shape index (κ2) is 5.29.